The monoisotopic (exact) mass is 189 g/mol. The Hall–Kier alpha value is -1.27. The van der Waals surface area contributed by atoms with Crippen molar-refractivity contribution in [1.29, 1.82) is 0 Å². The van der Waals surface area contributed by atoms with Crippen molar-refractivity contribution < 1.29 is 14.6 Å². The van der Waals surface area contributed by atoms with E-state index in [1.54, 1.807) is 6.92 Å². The third-order valence-corrected chi connectivity index (χ3v) is 1.39. The van der Waals surface area contributed by atoms with Crippen molar-refractivity contribution in [2.24, 2.45) is 11.6 Å². The molecule has 0 aromatic carbocycles. The van der Waals surface area contributed by atoms with Crippen LogP contribution in [0.2, 0.25) is 0 Å². The normalized spacial score (nSPS) is 13.8. The molecule has 0 aliphatic carbocycles. The first-order valence-electron chi connectivity index (χ1n) is 3.81. The molecule has 0 fully saturated rings. The van der Waals surface area contributed by atoms with Gasteiger partial charge in [0.15, 0.2) is 0 Å². The molecule has 76 valence electrons. The molecule has 6 heteroatoms. The fourth-order valence-corrected chi connectivity index (χ4v) is 0.757. The van der Waals surface area contributed by atoms with Crippen LogP contribution >= 0.6 is 0 Å². The summed E-state index contributed by atoms with van der Waals surface area (Å²) in [6.45, 7) is 1.42. The van der Waals surface area contributed by atoms with Crippen molar-refractivity contribution in [3.05, 3.63) is 11.9 Å². The third-order valence-electron chi connectivity index (χ3n) is 1.39. The Morgan fingerprint density at radius 2 is 2.38 bits per heavy atom. The minimum absolute atomic E-state index is 0.234. The maximum absolute atomic E-state index is 10.1. The Labute approximate surface area is 76.5 Å². The average molecular weight is 189 g/mol. The highest BCUT2D eigenvalue weighted by Crippen LogP contribution is 2.03. The van der Waals surface area contributed by atoms with Gasteiger partial charge in [-0.25, -0.2) is 4.79 Å². The van der Waals surface area contributed by atoms with Crippen molar-refractivity contribution in [1.82, 2.24) is 5.43 Å². The maximum atomic E-state index is 10.1. The summed E-state index contributed by atoms with van der Waals surface area (Å²) in [5, 5.41) is 8.31. The lowest BCUT2D eigenvalue weighted by Gasteiger charge is -2.12. The Bertz CT molecular complexity index is 193. The van der Waals surface area contributed by atoms with Gasteiger partial charge in [-0.2, -0.15) is 0 Å². The highest BCUT2D eigenvalue weighted by Gasteiger charge is 2.07. The molecule has 0 spiro atoms. The highest BCUT2D eigenvalue weighted by atomic mass is 16.5. The zero-order valence-electron chi connectivity index (χ0n) is 7.49. The second kappa shape index (κ2) is 6.27. The third kappa shape index (κ3) is 5.94. The fourth-order valence-electron chi connectivity index (χ4n) is 0.757. The van der Waals surface area contributed by atoms with Crippen molar-refractivity contribution in [2.75, 3.05) is 6.61 Å². The van der Waals surface area contributed by atoms with Gasteiger partial charge >= 0.3 is 5.97 Å². The Morgan fingerprint density at radius 1 is 1.77 bits per heavy atom. The summed E-state index contributed by atoms with van der Waals surface area (Å²) in [6, 6.07) is 0. The molecule has 6 N–H and O–H groups in total. The molecule has 0 aliphatic rings. The summed E-state index contributed by atoms with van der Waals surface area (Å²) < 4.78 is 4.95. The summed E-state index contributed by atoms with van der Waals surface area (Å²) in [4.78, 5) is 10.1. The predicted octanol–water partition coefficient (Wildman–Crippen LogP) is -0.870. The number of carboxylic acid groups (broad SMARTS) is 1. The molecule has 0 amide bonds. The molecule has 0 aromatic heterocycles. The van der Waals surface area contributed by atoms with Gasteiger partial charge in [-0.05, 0) is 6.92 Å². The van der Waals surface area contributed by atoms with Gasteiger partial charge in [0.05, 0.1) is 6.10 Å². The second-order valence-electron chi connectivity index (χ2n) is 2.56. The maximum Gasteiger partial charge on any atom is 0.329 e. The van der Waals surface area contributed by atoms with Crippen molar-refractivity contribution >= 4 is 5.97 Å². The smallest absolute Gasteiger partial charge is 0.329 e. The Kier molecular flexibility index (Phi) is 5.66. The molecular weight excluding hydrogens is 174 g/mol. The zero-order valence-corrected chi connectivity index (χ0v) is 7.49. The fraction of sp³-hybridized carbons (Fsp3) is 0.571. The van der Waals surface area contributed by atoms with Crippen LogP contribution in [0.5, 0.6) is 0 Å². The summed E-state index contributed by atoms with van der Waals surface area (Å²) in [6.07, 6.45) is 1.54. The molecule has 0 unspecified atom stereocenters. The minimum Gasteiger partial charge on any atom is -0.480 e. The standard InChI is InChI=1S/C7H15N3O3/c1-5(13-4-7(11)12)2-6(3-8)10-9/h3,5,10H,2,4,8-9H2,1H3,(H,11,12)/b6-3-/t5-/m1/s1. The van der Waals surface area contributed by atoms with E-state index in [0.29, 0.717) is 12.1 Å². The molecule has 0 aliphatic heterocycles. The van der Waals surface area contributed by atoms with E-state index in [1.807, 2.05) is 0 Å². The van der Waals surface area contributed by atoms with E-state index in [-0.39, 0.29) is 12.7 Å². The molecule has 0 radical (unpaired) electrons. The number of hydrogen-bond acceptors (Lipinski definition) is 5. The molecular formula is C7H15N3O3. The molecule has 1 atom stereocenters. The van der Waals surface area contributed by atoms with Crippen LogP contribution in [0, 0.1) is 0 Å². The van der Waals surface area contributed by atoms with E-state index in [4.69, 9.17) is 21.4 Å². The van der Waals surface area contributed by atoms with Crippen LogP contribution in [0.3, 0.4) is 0 Å². The van der Waals surface area contributed by atoms with Crippen molar-refractivity contribution in [3.63, 3.8) is 0 Å². The van der Waals surface area contributed by atoms with E-state index in [9.17, 15) is 4.79 Å². The van der Waals surface area contributed by atoms with Gasteiger partial charge in [-0.15, -0.1) is 0 Å². The van der Waals surface area contributed by atoms with E-state index < -0.39 is 5.97 Å². The molecule has 0 rings (SSSR count). The number of nitrogens with two attached hydrogens (primary N) is 2. The van der Waals surface area contributed by atoms with Gasteiger partial charge in [0.25, 0.3) is 0 Å². The molecule has 0 heterocycles. The Balaban J connectivity index is 3.73. The number of aliphatic carboxylic acids is 1. The molecule has 0 saturated heterocycles. The van der Waals surface area contributed by atoms with Gasteiger partial charge in [0, 0.05) is 18.3 Å². The number of nitrogens with one attached hydrogen (secondary N) is 1. The minimum atomic E-state index is -0.995. The van der Waals surface area contributed by atoms with Crippen molar-refractivity contribution in [2.45, 2.75) is 19.4 Å². The number of carboxylic acids is 1. The number of hydrogen-bond donors (Lipinski definition) is 4. The van der Waals surface area contributed by atoms with Crippen LogP contribution in [-0.4, -0.2) is 23.8 Å². The van der Waals surface area contributed by atoms with Crippen molar-refractivity contribution in [3.8, 4) is 0 Å². The van der Waals surface area contributed by atoms with E-state index in [1.165, 1.54) is 6.20 Å². The summed E-state index contributed by atoms with van der Waals surface area (Å²) in [5.41, 5.74) is 8.20. The van der Waals surface area contributed by atoms with Crippen LogP contribution in [-0.2, 0) is 9.53 Å². The van der Waals surface area contributed by atoms with Gasteiger partial charge in [0.2, 0.25) is 0 Å². The van der Waals surface area contributed by atoms with Crippen LogP contribution in [0.15, 0.2) is 11.9 Å². The lowest BCUT2D eigenvalue weighted by Crippen LogP contribution is -2.26. The number of hydrazine groups is 1. The van der Waals surface area contributed by atoms with Crippen LogP contribution in [0.4, 0.5) is 0 Å². The van der Waals surface area contributed by atoms with E-state index >= 15 is 0 Å². The first kappa shape index (κ1) is 11.7. The Morgan fingerprint density at radius 3 is 2.77 bits per heavy atom. The first-order valence-corrected chi connectivity index (χ1v) is 3.81. The number of rotatable bonds is 6. The first-order chi connectivity index (χ1) is 6.10. The largest absolute Gasteiger partial charge is 0.480 e. The highest BCUT2D eigenvalue weighted by molar-refractivity contribution is 5.68. The van der Waals surface area contributed by atoms with Gasteiger partial charge < -0.3 is 21.0 Å². The molecule has 0 aromatic rings. The van der Waals surface area contributed by atoms with Gasteiger partial charge in [-0.3, -0.25) is 5.84 Å². The molecule has 0 bridgehead atoms. The van der Waals surface area contributed by atoms with Crippen LogP contribution in [0.25, 0.3) is 0 Å². The number of ether oxygens (including phenoxy) is 1. The van der Waals surface area contributed by atoms with Gasteiger partial charge in [0.1, 0.15) is 6.61 Å². The quantitative estimate of drug-likeness (QED) is 0.319. The molecule has 6 nitrogen and oxygen atoms in total. The summed E-state index contributed by atoms with van der Waals surface area (Å²) in [5.74, 6) is 4.12. The number of carbonyl (C=O) groups is 1. The SMILES string of the molecule is C[C@H](C/C(=C/N)NN)OCC(=O)O. The second-order valence-corrected chi connectivity index (χ2v) is 2.56. The van der Waals surface area contributed by atoms with Gasteiger partial charge in [-0.1, -0.05) is 0 Å². The van der Waals surface area contributed by atoms with Crippen LogP contribution < -0.4 is 17.0 Å². The lowest BCUT2D eigenvalue weighted by atomic mass is 10.2. The topological polar surface area (TPSA) is 111 Å². The molecule has 13 heavy (non-hydrogen) atoms. The molecule has 0 saturated carbocycles. The predicted molar refractivity (Wildman–Crippen MR) is 47.3 cm³/mol. The summed E-state index contributed by atoms with van der Waals surface area (Å²) in [7, 11) is 0. The summed E-state index contributed by atoms with van der Waals surface area (Å²) >= 11 is 0. The van der Waals surface area contributed by atoms with Crippen LogP contribution in [0.1, 0.15) is 13.3 Å². The lowest BCUT2D eigenvalue weighted by molar-refractivity contribution is -0.144. The van der Waals surface area contributed by atoms with E-state index in [2.05, 4.69) is 5.43 Å². The average Bonchev–Trinajstić information content (AvgIpc) is 2.10. The van der Waals surface area contributed by atoms with E-state index in [0.717, 1.165) is 0 Å². The zero-order chi connectivity index (χ0) is 10.3.